The summed E-state index contributed by atoms with van der Waals surface area (Å²) >= 11 is 0. The molecule has 1 rings (SSSR count). The largest absolute Gasteiger partial charge is 0.416 e. The number of nitrogens with one attached hydrogen (secondary N) is 1. The van der Waals surface area contributed by atoms with Gasteiger partial charge in [0, 0.05) is 6.04 Å². The van der Waals surface area contributed by atoms with Crippen molar-refractivity contribution in [3.8, 4) is 0 Å². The number of hydrogen-bond donors (Lipinski definition) is 1. The number of benzene rings is 1. The van der Waals surface area contributed by atoms with Gasteiger partial charge in [-0.2, -0.15) is 13.2 Å². The third kappa shape index (κ3) is 5.61. The highest BCUT2D eigenvalue weighted by Gasteiger charge is 2.30. The summed E-state index contributed by atoms with van der Waals surface area (Å²) in [6.07, 6.45) is -2.76. The highest BCUT2D eigenvalue weighted by Crippen LogP contribution is 2.29. The Labute approximate surface area is 112 Å². The van der Waals surface area contributed by atoms with Crippen LogP contribution in [0.4, 0.5) is 13.2 Å². The van der Waals surface area contributed by atoms with E-state index < -0.39 is 11.7 Å². The van der Waals surface area contributed by atoms with Crippen LogP contribution >= 0.6 is 0 Å². The lowest BCUT2D eigenvalue weighted by Crippen LogP contribution is -2.31. The maximum Gasteiger partial charge on any atom is 0.416 e. The number of likely N-dealkylation sites (N-methyl/N-ethyl adjacent to an activating group) is 1. The van der Waals surface area contributed by atoms with E-state index in [1.807, 2.05) is 21.1 Å². The minimum atomic E-state index is -4.27. The first kappa shape index (κ1) is 16.0. The molecular weight excluding hydrogens is 253 g/mol. The predicted octanol–water partition coefficient (Wildman–Crippen LogP) is 2.79. The molecule has 2 nitrogen and oxygen atoms in total. The van der Waals surface area contributed by atoms with Crippen LogP contribution in [0.1, 0.15) is 17.5 Å². The Morgan fingerprint density at radius 1 is 1.26 bits per heavy atom. The highest BCUT2D eigenvalue weighted by atomic mass is 19.4. The second-order valence-electron chi connectivity index (χ2n) is 4.98. The van der Waals surface area contributed by atoms with Crippen molar-refractivity contribution in [3.63, 3.8) is 0 Å². The molecule has 0 saturated heterocycles. The van der Waals surface area contributed by atoms with Gasteiger partial charge in [0.1, 0.15) is 0 Å². The molecule has 1 unspecified atom stereocenters. The van der Waals surface area contributed by atoms with Gasteiger partial charge in [-0.3, -0.25) is 0 Å². The van der Waals surface area contributed by atoms with Crippen LogP contribution in [-0.4, -0.2) is 38.6 Å². The van der Waals surface area contributed by atoms with Crippen molar-refractivity contribution < 1.29 is 13.2 Å². The van der Waals surface area contributed by atoms with E-state index in [2.05, 4.69) is 10.2 Å². The van der Waals surface area contributed by atoms with Crippen LogP contribution in [0.5, 0.6) is 0 Å². The highest BCUT2D eigenvalue weighted by molar-refractivity contribution is 5.26. The minimum absolute atomic E-state index is 0.186. The molecule has 0 bridgehead atoms. The fourth-order valence-corrected chi connectivity index (χ4v) is 1.92. The average molecular weight is 274 g/mol. The minimum Gasteiger partial charge on any atom is -0.317 e. The maximum absolute atomic E-state index is 12.6. The maximum atomic E-state index is 12.6. The van der Waals surface area contributed by atoms with Crippen LogP contribution in [-0.2, 0) is 12.6 Å². The lowest BCUT2D eigenvalue weighted by molar-refractivity contribution is -0.137. The van der Waals surface area contributed by atoms with Gasteiger partial charge < -0.3 is 10.2 Å². The molecule has 1 atom stereocenters. The SMILES string of the molecule is CNC(CCN(C)C)Cc1cccc(C(F)(F)F)c1. The second-order valence-corrected chi connectivity index (χ2v) is 4.98. The van der Waals surface area contributed by atoms with Gasteiger partial charge in [-0.05, 0) is 52.2 Å². The van der Waals surface area contributed by atoms with Gasteiger partial charge in [-0.25, -0.2) is 0 Å². The third-order valence-electron chi connectivity index (χ3n) is 3.07. The summed E-state index contributed by atoms with van der Waals surface area (Å²) in [5.74, 6) is 0. The van der Waals surface area contributed by atoms with Crippen LogP contribution in [0.15, 0.2) is 24.3 Å². The first-order valence-corrected chi connectivity index (χ1v) is 6.31. The molecule has 0 aliphatic heterocycles. The molecule has 0 radical (unpaired) electrons. The molecule has 1 aromatic carbocycles. The summed E-state index contributed by atoms with van der Waals surface area (Å²) < 4.78 is 37.9. The van der Waals surface area contributed by atoms with Gasteiger partial charge in [-0.1, -0.05) is 18.2 Å². The van der Waals surface area contributed by atoms with Crippen molar-refractivity contribution in [2.24, 2.45) is 0 Å². The van der Waals surface area contributed by atoms with Crippen LogP contribution in [0.2, 0.25) is 0 Å². The summed E-state index contributed by atoms with van der Waals surface area (Å²) in [7, 11) is 5.81. The van der Waals surface area contributed by atoms with E-state index in [0.29, 0.717) is 12.0 Å². The fraction of sp³-hybridized carbons (Fsp3) is 0.571. The molecule has 0 heterocycles. The number of halogens is 3. The van der Waals surface area contributed by atoms with Crippen molar-refractivity contribution in [2.75, 3.05) is 27.7 Å². The molecule has 19 heavy (non-hydrogen) atoms. The van der Waals surface area contributed by atoms with E-state index in [-0.39, 0.29) is 6.04 Å². The molecule has 1 aromatic rings. The number of rotatable bonds is 6. The quantitative estimate of drug-likeness (QED) is 0.858. The smallest absolute Gasteiger partial charge is 0.317 e. The van der Waals surface area contributed by atoms with E-state index in [1.165, 1.54) is 12.1 Å². The van der Waals surface area contributed by atoms with Gasteiger partial charge in [-0.15, -0.1) is 0 Å². The van der Waals surface area contributed by atoms with Crippen molar-refractivity contribution in [1.29, 1.82) is 0 Å². The molecule has 0 saturated carbocycles. The van der Waals surface area contributed by atoms with Gasteiger partial charge >= 0.3 is 6.18 Å². The normalized spacial score (nSPS) is 13.8. The van der Waals surface area contributed by atoms with Crippen molar-refractivity contribution in [2.45, 2.75) is 25.1 Å². The van der Waals surface area contributed by atoms with Gasteiger partial charge in [0.25, 0.3) is 0 Å². The van der Waals surface area contributed by atoms with Crippen LogP contribution < -0.4 is 5.32 Å². The summed E-state index contributed by atoms with van der Waals surface area (Å²) in [5.41, 5.74) is 0.139. The second kappa shape index (κ2) is 6.91. The Kier molecular flexibility index (Phi) is 5.82. The standard InChI is InChI=1S/C14H21F3N2/c1-18-13(7-8-19(2)3)10-11-5-4-6-12(9-11)14(15,16)17/h4-6,9,13,18H,7-8,10H2,1-3H3. The van der Waals surface area contributed by atoms with Crippen LogP contribution in [0.3, 0.4) is 0 Å². The molecule has 108 valence electrons. The molecule has 0 aliphatic carbocycles. The Morgan fingerprint density at radius 3 is 2.47 bits per heavy atom. The molecule has 0 amide bonds. The number of nitrogens with zero attached hydrogens (tertiary/aromatic N) is 1. The van der Waals surface area contributed by atoms with Gasteiger partial charge in [0.05, 0.1) is 5.56 Å². The lowest BCUT2D eigenvalue weighted by atomic mass is 10.0. The Bertz CT molecular complexity index is 389. The van der Waals surface area contributed by atoms with Crippen molar-refractivity contribution in [3.05, 3.63) is 35.4 Å². The molecule has 0 aliphatic rings. The van der Waals surface area contributed by atoms with E-state index in [0.717, 1.165) is 19.0 Å². The van der Waals surface area contributed by atoms with Crippen LogP contribution in [0.25, 0.3) is 0 Å². The van der Waals surface area contributed by atoms with Crippen molar-refractivity contribution in [1.82, 2.24) is 10.2 Å². The number of hydrogen-bond acceptors (Lipinski definition) is 2. The first-order valence-electron chi connectivity index (χ1n) is 6.31. The summed E-state index contributed by atoms with van der Waals surface area (Å²) in [6.45, 7) is 0.907. The van der Waals surface area contributed by atoms with E-state index in [9.17, 15) is 13.2 Å². The zero-order valence-corrected chi connectivity index (χ0v) is 11.6. The number of alkyl halides is 3. The third-order valence-corrected chi connectivity index (χ3v) is 3.07. The Morgan fingerprint density at radius 2 is 1.95 bits per heavy atom. The molecule has 1 N–H and O–H groups in total. The lowest BCUT2D eigenvalue weighted by Gasteiger charge is -2.19. The topological polar surface area (TPSA) is 15.3 Å². The first-order chi connectivity index (χ1) is 8.82. The molecule has 0 aromatic heterocycles. The fourth-order valence-electron chi connectivity index (χ4n) is 1.92. The molecular formula is C14H21F3N2. The van der Waals surface area contributed by atoms with Crippen molar-refractivity contribution >= 4 is 0 Å². The van der Waals surface area contributed by atoms with E-state index in [1.54, 1.807) is 6.07 Å². The summed E-state index contributed by atoms with van der Waals surface area (Å²) in [5, 5.41) is 3.16. The van der Waals surface area contributed by atoms with E-state index in [4.69, 9.17) is 0 Å². The Hall–Kier alpha value is -1.07. The summed E-state index contributed by atoms with van der Waals surface area (Å²) in [4.78, 5) is 2.07. The molecule has 0 spiro atoms. The summed E-state index contributed by atoms with van der Waals surface area (Å²) in [6, 6.07) is 5.75. The zero-order valence-electron chi connectivity index (χ0n) is 11.6. The Balaban J connectivity index is 2.69. The average Bonchev–Trinajstić information content (AvgIpc) is 2.33. The molecule has 0 fully saturated rings. The van der Waals surface area contributed by atoms with Gasteiger partial charge in [0.15, 0.2) is 0 Å². The monoisotopic (exact) mass is 274 g/mol. The zero-order chi connectivity index (χ0) is 14.5. The van der Waals surface area contributed by atoms with Crippen LogP contribution in [0, 0.1) is 0 Å². The predicted molar refractivity (Wildman–Crippen MR) is 71.2 cm³/mol. The van der Waals surface area contributed by atoms with E-state index >= 15 is 0 Å². The van der Waals surface area contributed by atoms with Gasteiger partial charge in [0.2, 0.25) is 0 Å². The molecule has 5 heteroatoms.